The predicted molar refractivity (Wildman–Crippen MR) is 106 cm³/mol. The standard InChI is InChI=1S/C21H18N4O2/c1-2-20(26)23-15-7-8-16-17(11-15)21(27)25-24-19(16)10-13-9-14-5-3-4-6-18(14)22-12-13/h3-9,11-12H,2,10H2,1H3,(H,23,26)(H,25,27). The molecule has 4 rings (SSSR count). The molecule has 1 amide bonds. The van der Waals surface area contributed by atoms with E-state index in [1.165, 1.54) is 0 Å². The minimum Gasteiger partial charge on any atom is -0.326 e. The summed E-state index contributed by atoms with van der Waals surface area (Å²) in [6, 6.07) is 15.3. The van der Waals surface area contributed by atoms with Gasteiger partial charge in [-0.15, -0.1) is 0 Å². The summed E-state index contributed by atoms with van der Waals surface area (Å²) in [5.41, 5.74) is 3.03. The lowest BCUT2D eigenvalue weighted by molar-refractivity contribution is -0.115. The van der Waals surface area contributed by atoms with Crippen LogP contribution in [0.15, 0.2) is 59.5 Å². The zero-order valence-corrected chi connectivity index (χ0v) is 14.8. The lowest BCUT2D eigenvalue weighted by Gasteiger charge is -2.08. The van der Waals surface area contributed by atoms with Crippen LogP contribution >= 0.6 is 0 Å². The number of benzene rings is 2. The maximum Gasteiger partial charge on any atom is 0.272 e. The van der Waals surface area contributed by atoms with Gasteiger partial charge in [0.2, 0.25) is 5.91 Å². The Bertz CT molecular complexity index is 1210. The third-order valence-corrected chi connectivity index (χ3v) is 4.49. The Labute approximate surface area is 155 Å². The van der Waals surface area contributed by atoms with Crippen molar-refractivity contribution >= 4 is 33.3 Å². The Morgan fingerprint density at radius 1 is 1.11 bits per heavy atom. The maximum absolute atomic E-state index is 12.2. The molecule has 0 atom stereocenters. The smallest absolute Gasteiger partial charge is 0.272 e. The highest BCUT2D eigenvalue weighted by Gasteiger charge is 2.10. The number of fused-ring (bicyclic) bond motifs is 2. The van der Waals surface area contributed by atoms with Gasteiger partial charge < -0.3 is 5.32 Å². The van der Waals surface area contributed by atoms with E-state index in [0.717, 1.165) is 27.5 Å². The monoisotopic (exact) mass is 358 g/mol. The summed E-state index contributed by atoms with van der Waals surface area (Å²) < 4.78 is 0. The number of nitrogens with zero attached hydrogens (tertiary/aromatic N) is 2. The molecule has 0 fully saturated rings. The van der Waals surface area contributed by atoms with Gasteiger partial charge >= 0.3 is 0 Å². The van der Waals surface area contributed by atoms with E-state index >= 15 is 0 Å². The van der Waals surface area contributed by atoms with Crippen LogP contribution in [0, 0.1) is 0 Å². The first kappa shape index (κ1) is 16.9. The molecule has 0 radical (unpaired) electrons. The average Bonchev–Trinajstić information content (AvgIpc) is 2.70. The Hall–Kier alpha value is -3.54. The summed E-state index contributed by atoms with van der Waals surface area (Å²) in [7, 11) is 0. The average molecular weight is 358 g/mol. The second kappa shape index (κ2) is 6.99. The Balaban J connectivity index is 1.73. The quantitative estimate of drug-likeness (QED) is 0.585. The van der Waals surface area contributed by atoms with Gasteiger partial charge in [0.15, 0.2) is 0 Å². The normalized spacial score (nSPS) is 11.0. The molecule has 2 N–H and O–H groups in total. The second-order valence-electron chi connectivity index (χ2n) is 6.37. The second-order valence-corrected chi connectivity index (χ2v) is 6.37. The van der Waals surface area contributed by atoms with Gasteiger partial charge in [0.05, 0.1) is 16.6 Å². The number of pyridine rings is 1. The largest absolute Gasteiger partial charge is 0.326 e. The van der Waals surface area contributed by atoms with Crippen LogP contribution in [0.25, 0.3) is 21.7 Å². The van der Waals surface area contributed by atoms with Gasteiger partial charge in [-0.1, -0.05) is 31.2 Å². The number of para-hydroxylation sites is 1. The van der Waals surface area contributed by atoms with E-state index < -0.39 is 0 Å². The predicted octanol–water partition coefficient (Wildman–Crippen LogP) is 3.41. The van der Waals surface area contributed by atoms with E-state index in [-0.39, 0.29) is 11.5 Å². The number of rotatable bonds is 4. The molecule has 2 aromatic carbocycles. The van der Waals surface area contributed by atoms with Gasteiger partial charge in [-0.05, 0) is 29.8 Å². The third kappa shape index (κ3) is 3.42. The topological polar surface area (TPSA) is 87.7 Å². The highest BCUT2D eigenvalue weighted by atomic mass is 16.1. The van der Waals surface area contributed by atoms with Crippen LogP contribution in [0.5, 0.6) is 0 Å². The molecule has 0 bridgehead atoms. The number of carbonyl (C=O) groups excluding carboxylic acids is 1. The van der Waals surface area contributed by atoms with E-state index in [1.54, 1.807) is 19.1 Å². The number of aromatic amines is 1. The van der Waals surface area contributed by atoms with E-state index in [9.17, 15) is 9.59 Å². The maximum atomic E-state index is 12.2. The number of hydrogen-bond acceptors (Lipinski definition) is 4. The fourth-order valence-electron chi connectivity index (χ4n) is 3.09. The minimum absolute atomic E-state index is 0.0951. The lowest BCUT2D eigenvalue weighted by atomic mass is 10.0. The summed E-state index contributed by atoms with van der Waals surface area (Å²) in [5.74, 6) is -0.0951. The molecule has 0 saturated heterocycles. The van der Waals surface area contributed by atoms with Crippen molar-refractivity contribution in [1.29, 1.82) is 0 Å². The van der Waals surface area contributed by atoms with Crippen LogP contribution in [-0.4, -0.2) is 21.1 Å². The number of nitrogens with one attached hydrogen (secondary N) is 2. The first-order chi connectivity index (χ1) is 13.1. The Morgan fingerprint density at radius 2 is 1.96 bits per heavy atom. The van der Waals surface area contributed by atoms with Crippen molar-refractivity contribution in [1.82, 2.24) is 15.2 Å². The van der Waals surface area contributed by atoms with Crippen LogP contribution in [0.1, 0.15) is 24.6 Å². The van der Waals surface area contributed by atoms with Crippen molar-refractivity contribution in [2.45, 2.75) is 19.8 Å². The fourth-order valence-corrected chi connectivity index (χ4v) is 3.09. The summed E-state index contributed by atoms with van der Waals surface area (Å²) in [6.07, 6.45) is 2.76. The number of H-pyrrole nitrogens is 1. The number of carbonyl (C=O) groups is 1. The van der Waals surface area contributed by atoms with Crippen LogP contribution in [0.2, 0.25) is 0 Å². The number of hydrogen-bond donors (Lipinski definition) is 2. The zero-order chi connectivity index (χ0) is 18.8. The molecule has 0 aliphatic heterocycles. The molecule has 2 aromatic heterocycles. The zero-order valence-electron chi connectivity index (χ0n) is 14.8. The first-order valence-electron chi connectivity index (χ1n) is 8.79. The number of anilines is 1. The minimum atomic E-state index is -0.280. The molecule has 0 spiro atoms. The van der Waals surface area contributed by atoms with Crippen molar-refractivity contribution in [3.05, 3.63) is 76.3 Å². The lowest BCUT2D eigenvalue weighted by Crippen LogP contribution is -2.13. The van der Waals surface area contributed by atoms with Gasteiger partial charge in [0.1, 0.15) is 0 Å². The third-order valence-electron chi connectivity index (χ3n) is 4.49. The summed E-state index contributed by atoms with van der Waals surface area (Å²) in [4.78, 5) is 28.3. The molecule has 0 aliphatic rings. The number of amides is 1. The molecule has 0 unspecified atom stereocenters. The molecular weight excluding hydrogens is 340 g/mol. The summed E-state index contributed by atoms with van der Waals surface area (Å²) in [6.45, 7) is 1.78. The van der Waals surface area contributed by atoms with Gasteiger partial charge in [0.25, 0.3) is 5.56 Å². The molecule has 0 aliphatic carbocycles. The number of aromatic nitrogens is 3. The van der Waals surface area contributed by atoms with Gasteiger partial charge in [0, 0.05) is 35.5 Å². The van der Waals surface area contributed by atoms with E-state index in [2.05, 4.69) is 26.6 Å². The van der Waals surface area contributed by atoms with Crippen molar-refractivity contribution < 1.29 is 4.79 Å². The molecule has 2 heterocycles. The van der Waals surface area contributed by atoms with Crippen LogP contribution in [0.4, 0.5) is 5.69 Å². The fraction of sp³-hybridized carbons (Fsp3) is 0.143. The molecule has 6 heteroatoms. The van der Waals surface area contributed by atoms with E-state index in [1.807, 2.05) is 36.5 Å². The summed E-state index contributed by atoms with van der Waals surface area (Å²) >= 11 is 0. The van der Waals surface area contributed by atoms with Gasteiger partial charge in [-0.2, -0.15) is 5.10 Å². The van der Waals surface area contributed by atoms with Gasteiger partial charge in [-0.3, -0.25) is 14.6 Å². The highest BCUT2D eigenvalue weighted by Crippen LogP contribution is 2.21. The van der Waals surface area contributed by atoms with Crippen molar-refractivity contribution in [2.75, 3.05) is 5.32 Å². The van der Waals surface area contributed by atoms with Crippen LogP contribution < -0.4 is 10.9 Å². The van der Waals surface area contributed by atoms with Crippen molar-refractivity contribution in [3.8, 4) is 0 Å². The van der Waals surface area contributed by atoms with Gasteiger partial charge in [-0.25, -0.2) is 5.10 Å². The molecule has 4 aromatic rings. The highest BCUT2D eigenvalue weighted by molar-refractivity contribution is 5.94. The van der Waals surface area contributed by atoms with Crippen LogP contribution in [-0.2, 0) is 11.2 Å². The van der Waals surface area contributed by atoms with Crippen molar-refractivity contribution in [2.24, 2.45) is 0 Å². The summed E-state index contributed by atoms with van der Waals surface area (Å²) in [5, 5.41) is 11.9. The van der Waals surface area contributed by atoms with E-state index in [0.29, 0.717) is 23.9 Å². The molecule has 6 nitrogen and oxygen atoms in total. The molecule has 134 valence electrons. The Kier molecular flexibility index (Phi) is 4.38. The molecule has 27 heavy (non-hydrogen) atoms. The SMILES string of the molecule is CCC(=O)Nc1ccc2c(Cc3cnc4ccccc4c3)n[nH]c(=O)c2c1. The molecular formula is C21H18N4O2. The van der Waals surface area contributed by atoms with Crippen molar-refractivity contribution in [3.63, 3.8) is 0 Å². The molecule has 0 saturated carbocycles. The van der Waals surface area contributed by atoms with E-state index in [4.69, 9.17) is 0 Å². The Morgan fingerprint density at radius 3 is 2.81 bits per heavy atom. The van der Waals surface area contributed by atoms with Crippen LogP contribution in [0.3, 0.4) is 0 Å². The first-order valence-corrected chi connectivity index (χ1v) is 8.79.